The number of rotatable bonds is 7. The van der Waals surface area contributed by atoms with Crippen LogP contribution in [0.1, 0.15) is 40.9 Å². The predicted molar refractivity (Wildman–Crippen MR) is 108 cm³/mol. The second-order valence-electron chi connectivity index (χ2n) is 7.43. The number of anilines is 2. The van der Waals surface area contributed by atoms with E-state index in [1.54, 1.807) is 18.4 Å². The van der Waals surface area contributed by atoms with Gasteiger partial charge in [-0.3, -0.25) is 9.59 Å². The second-order valence-corrected chi connectivity index (χ2v) is 8.31. The largest absolute Gasteiger partial charge is 1.00 e. The number of thiophene rings is 1. The first-order chi connectivity index (χ1) is 13.9. The topological polar surface area (TPSA) is 122 Å². The highest BCUT2D eigenvalue weighted by atomic mass is 35.5. The van der Waals surface area contributed by atoms with Crippen molar-refractivity contribution in [2.45, 2.75) is 32.6 Å². The fraction of sp³-hybridized carbons (Fsp3) is 0.474. The highest BCUT2D eigenvalue weighted by molar-refractivity contribution is 7.12. The molecule has 0 unspecified atom stereocenters. The van der Waals surface area contributed by atoms with Crippen LogP contribution in [0.5, 0.6) is 0 Å². The maximum Gasteiger partial charge on any atom is 0.348 e. The molecule has 3 heterocycles. The molecule has 0 radical (unpaired) electrons. The smallest absolute Gasteiger partial charge is 0.348 e. The molecular formula is C19H25ClN4O5S. The number of nitrogens with zero attached hydrogens (tertiary/aromatic N) is 2. The van der Waals surface area contributed by atoms with Gasteiger partial charge in [-0.25, -0.2) is 4.79 Å². The van der Waals surface area contributed by atoms with Crippen molar-refractivity contribution in [3.8, 4) is 0 Å². The number of carbonyl (C=O) groups excluding carboxylic acids is 2. The summed E-state index contributed by atoms with van der Waals surface area (Å²) in [6.45, 7) is 3.46. The van der Waals surface area contributed by atoms with Gasteiger partial charge in [-0.2, -0.15) is 0 Å². The Hall–Kier alpha value is -2.43. The van der Waals surface area contributed by atoms with Crippen LogP contribution in [-0.2, 0) is 9.59 Å². The third-order valence-electron chi connectivity index (χ3n) is 5.11. The molecule has 2 amide bonds. The van der Waals surface area contributed by atoms with E-state index in [1.807, 2.05) is 0 Å². The van der Waals surface area contributed by atoms with E-state index < -0.39 is 5.97 Å². The summed E-state index contributed by atoms with van der Waals surface area (Å²) >= 11 is 1.09. The Bertz CT molecular complexity index is 876. The molecule has 0 bridgehead atoms. The fourth-order valence-electron chi connectivity index (χ4n) is 3.74. The van der Waals surface area contributed by atoms with Crippen molar-refractivity contribution in [3.63, 3.8) is 0 Å². The van der Waals surface area contributed by atoms with Gasteiger partial charge in [0.2, 0.25) is 0 Å². The zero-order valence-electron chi connectivity index (χ0n) is 16.6. The quantitative estimate of drug-likeness (QED) is 0.492. The number of nitrogens with one attached hydrogen (secondary N) is 2. The molecule has 0 aromatic carbocycles. The van der Waals surface area contributed by atoms with Crippen LogP contribution < -0.4 is 23.0 Å². The molecule has 11 heteroatoms. The molecule has 1 saturated heterocycles. The normalized spacial score (nSPS) is 15.5. The molecule has 164 valence electrons. The van der Waals surface area contributed by atoms with E-state index in [0.717, 1.165) is 37.0 Å². The van der Waals surface area contributed by atoms with Gasteiger partial charge < -0.3 is 37.2 Å². The number of amides is 2. The van der Waals surface area contributed by atoms with Gasteiger partial charge in [0, 0.05) is 6.07 Å². The van der Waals surface area contributed by atoms with E-state index in [1.165, 1.54) is 6.26 Å². The zero-order chi connectivity index (χ0) is 20.9. The van der Waals surface area contributed by atoms with Crippen LogP contribution in [0.15, 0.2) is 22.2 Å². The van der Waals surface area contributed by atoms with E-state index >= 15 is 0 Å². The van der Waals surface area contributed by atoms with Gasteiger partial charge in [0.15, 0.2) is 18.9 Å². The first-order valence-electron chi connectivity index (χ1n) is 9.55. The molecule has 1 aliphatic heterocycles. The highest BCUT2D eigenvalue weighted by Gasteiger charge is 2.34. The molecule has 1 aliphatic rings. The van der Waals surface area contributed by atoms with Gasteiger partial charge in [0.1, 0.15) is 11.1 Å². The maximum atomic E-state index is 12.8. The maximum absolute atomic E-state index is 12.8. The van der Waals surface area contributed by atoms with Crippen LogP contribution in [0.4, 0.5) is 11.5 Å². The summed E-state index contributed by atoms with van der Waals surface area (Å²) in [7, 11) is 0. The van der Waals surface area contributed by atoms with Crippen LogP contribution in [-0.4, -0.2) is 58.7 Å². The molecule has 0 atom stereocenters. The number of quaternary nitrogens is 1. The monoisotopic (exact) mass is 456 g/mol. The van der Waals surface area contributed by atoms with E-state index in [0.29, 0.717) is 34.6 Å². The lowest BCUT2D eigenvalue weighted by atomic mass is 10.2. The molecule has 3 N–H and O–H groups in total. The number of halogens is 1. The Morgan fingerprint density at radius 2 is 1.77 bits per heavy atom. The van der Waals surface area contributed by atoms with Crippen LogP contribution >= 0.6 is 11.3 Å². The van der Waals surface area contributed by atoms with Crippen molar-refractivity contribution in [2.24, 2.45) is 0 Å². The van der Waals surface area contributed by atoms with E-state index in [2.05, 4.69) is 15.8 Å². The molecule has 2 aromatic rings. The molecule has 3 rings (SSSR count). The summed E-state index contributed by atoms with van der Waals surface area (Å²) in [6, 6.07) is 1.56. The average molecular weight is 457 g/mol. The second kappa shape index (κ2) is 10.6. The first-order valence-corrected chi connectivity index (χ1v) is 10.4. The van der Waals surface area contributed by atoms with Crippen LogP contribution in [0.3, 0.4) is 0 Å². The summed E-state index contributed by atoms with van der Waals surface area (Å²) < 4.78 is 5.07. The fourth-order valence-corrected chi connectivity index (χ4v) is 4.58. The lowest BCUT2D eigenvalue weighted by Gasteiger charge is -2.36. The number of aromatic nitrogens is 1. The Morgan fingerprint density at radius 3 is 2.33 bits per heavy atom. The van der Waals surface area contributed by atoms with E-state index in [9.17, 15) is 19.5 Å². The summed E-state index contributed by atoms with van der Waals surface area (Å²) in [5.41, 5.74) is 1.06. The number of aromatic carboxylic acids is 1. The Labute approximate surface area is 184 Å². The van der Waals surface area contributed by atoms with Crippen LogP contribution in [0.25, 0.3) is 0 Å². The van der Waals surface area contributed by atoms with Gasteiger partial charge >= 0.3 is 5.97 Å². The Morgan fingerprint density at radius 1 is 1.13 bits per heavy atom. The molecule has 30 heavy (non-hydrogen) atoms. The van der Waals surface area contributed by atoms with Crippen LogP contribution in [0, 0.1) is 6.92 Å². The zero-order valence-corrected chi connectivity index (χ0v) is 18.2. The highest BCUT2D eigenvalue weighted by Crippen LogP contribution is 2.28. The SMILES string of the molecule is Cc1csc(C(=O)O)c1NC(=O)C[N+]1(CC(=O)Nc2ccon2)CCCCCC1.[Cl-]. The number of carboxylic acids is 1. The molecule has 2 aromatic heterocycles. The van der Waals surface area contributed by atoms with Gasteiger partial charge in [0.05, 0.1) is 18.8 Å². The lowest BCUT2D eigenvalue weighted by molar-refractivity contribution is -0.912. The Balaban J connectivity index is 0.00000320. The molecule has 9 nitrogen and oxygen atoms in total. The van der Waals surface area contributed by atoms with Gasteiger partial charge in [-0.15, -0.1) is 11.3 Å². The van der Waals surface area contributed by atoms with Crippen LogP contribution in [0.2, 0.25) is 0 Å². The van der Waals surface area contributed by atoms with Gasteiger partial charge in [-0.05, 0) is 43.6 Å². The number of hydrogen-bond acceptors (Lipinski definition) is 6. The summed E-state index contributed by atoms with van der Waals surface area (Å²) in [4.78, 5) is 36.9. The van der Waals surface area contributed by atoms with Crippen molar-refractivity contribution >= 4 is 40.6 Å². The van der Waals surface area contributed by atoms with Crippen molar-refractivity contribution in [3.05, 3.63) is 28.2 Å². The summed E-state index contributed by atoms with van der Waals surface area (Å²) in [5, 5.41) is 20.2. The van der Waals surface area contributed by atoms with E-state index in [-0.39, 0.29) is 42.2 Å². The molecule has 0 spiro atoms. The molecular weight excluding hydrogens is 432 g/mol. The number of hydrogen-bond donors (Lipinski definition) is 3. The third kappa shape index (κ3) is 6.04. The molecule has 1 fully saturated rings. The standard InChI is InChI=1S/C19H24N4O5S.ClH/c1-13-12-29-18(19(26)27)17(13)21-16(25)11-23(7-4-2-3-5-8-23)10-15(24)20-14-6-9-28-22-14;/h6,9,12H,2-5,7-8,10-11H2,1H3,(H2-,20,21,22,24,25,26,27);1H. The third-order valence-corrected chi connectivity index (χ3v) is 6.20. The minimum absolute atomic E-state index is 0. The number of carboxylic acid groups (broad SMARTS) is 1. The minimum atomic E-state index is -1.07. The van der Waals surface area contributed by atoms with Crippen molar-refractivity contribution < 1.29 is 40.9 Å². The summed E-state index contributed by atoms with van der Waals surface area (Å²) in [6.07, 6.45) is 5.38. The minimum Gasteiger partial charge on any atom is -1.00 e. The van der Waals surface area contributed by atoms with Crippen molar-refractivity contribution in [2.75, 3.05) is 36.8 Å². The van der Waals surface area contributed by atoms with Crippen molar-refractivity contribution in [1.29, 1.82) is 0 Å². The Kier molecular flexibility index (Phi) is 8.39. The lowest BCUT2D eigenvalue weighted by Crippen LogP contribution is -3.00. The van der Waals surface area contributed by atoms with E-state index in [4.69, 9.17) is 4.52 Å². The first kappa shape index (κ1) is 23.8. The molecule has 0 aliphatic carbocycles. The number of likely N-dealkylation sites (tertiary alicyclic amines) is 1. The average Bonchev–Trinajstić information content (AvgIpc) is 3.22. The van der Waals surface area contributed by atoms with Gasteiger partial charge in [-0.1, -0.05) is 5.16 Å². The predicted octanol–water partition coefficient (Wildman–Crippen LogP) is -0.285. The molecule has 0 saturated carbocycles. The van der Waals surface area contributed by atoms with Gasteiger partial charge in [0.25, 0.3) is 11.8 Å². The van der Waals surface area contributed by atoms with Crippen molar-refractivity contribution in [1.82, 2.24) is 5.16 Å². The number of carbonyl (C=O) groups is 3. The summed E-state index contributed by atoms with van der Waals surface area (Å²) in [5.74, 6) is -1.24. The number of aryl methyl sites for hydroxylation is 1.